The van der Waals surface area contributed by atoms with Crippen LogP contribution in [0.25, 0.3) is 0 Å². The van der Waals surface area contributed by atoms with E-state index in [1.54, 1.807) is 0 Å². The van der Waals surface area contributed by atoms with Crippen LogP contribution in [-0.4, -0.2) is 29.8 Å². The predicted octanol–water partition coefficient (Wildman–Crippen LogP) is 2.63. The average molecular weight is 289 g/mol. The van der Waals surface area contributed by atoms with Crippen LogP contribution in [0.5, 0.6) is 0 Å². The van der Waals surface area contributed by atoms with E-state index in [-0.39, 0.29) is 23.6 Å². The number of carbonyl (C=O) groups is 1. The van der Waals surface area contributed by atoms with Gasteiger partial charge in [0.05, 0.1) is 6.10 Å². The molecule has 1 saturated carbocycles. The lowest BCUT2D eigenvalue weighted by Gasteiger charge is -2.54. The van der Waals surface area contributed by atoms with Crippen molar-refractivity contribution in [2.75, 3.05) is 11.9 Å². The van der Waals surface area contributed by atoms with Gasteiger partial charge in [-0.25, -0.2) is 9.78 Å². The van der Waals surface area contributed by atoms with Gasteiger partial charge in [0.15, 0.2) is 0 Å². The van der Waals surface area contributed by atoms with E-state index in [2.05, 4.69) is 29.5 Å². The SMILES string of the molecule is Cc1cc(C)nc(NC(=O)N[C@@H]2[C@H]3CCO[C@@H]3C2(C)C)c1. The second-order valence-corrected chi connectivity index (χ2v) is 6.81. The van der Waals surface area contributed by atoms with Crippen LogP contribution in [0.3, 0.4) is 0 Å². The highest BCUT2D eigenvalue weighted by Crippen LogP contribution is 2.52. The lowest BCUT2D eigenvalue weighted by Crippen LogP contribution is -2.67. The van der Waals surface area contributed by atoms with Crippen molar-refractivity contribution in [1.29, 1.82) is 0 Å². The highest BCUT2D eigenvalue weighted by Gasteiger charge is 2.59. The molecule has 0 bridgehead atoms. The van der Waals surface area contributed by atoms with Crippen LogP contribution in [-0.2, 0) is 4.74 Å². The van der Waals surface area contributed by atoms with Crippen LogP contribution < -0.4 is 10.6 Å². The molecule has 1 aromatic rings. The van der Waals surface area contributed by atoms with Crippen LogP contribution in [0.1, 0.15) is 31.5 Å². The Hall–Kier alpha value is -1.62. The Morgan fingerprint density at radius 1 is 1.38 bits per heavy atom. The van der Waals surface area contributed by atoms with E-state index in [0.717, 1.165) is 24.3 Å². The third-order valence-electron chi connectivity index (χ3n) is 4.73. The number of aryl methyl sites for hydroxylation is 2. The zero-order valence-corrected chi connectivity index (χ0v) is 13.1. The topological polar surface area (TPSA) is 63.2 Å². The number of anilines is 1. The Labute approximate surface area is 125 Å². The van der Waals surface area contributed by atoms with Crippen LogP contribution in [0.15, 0.2) is 12.1 Å². The first kappa shape index (κ1) is 14.3. The first-order chi connectivity index (χ1) is 9.88. The van der Waals surface area contributed by atoms with E-state index in [9.17, 15) is 4.79 Å². The van der Waals surface area contributed by atoms with Crippen molar-refractivity contribution in [3.8, 4) is 0 Å². The normalized spacial score (nSPS) is 29.4. The Morgan fingerprint density at radius 2 is 2.14 bits per heavy atom. The molecule has 1 saturated heterocycles. The number of ether oxygens (including phenoxy) is 1. The third-order valence-corrected chi connectivity index (χ3v) is 4.73. The molecule has 2 amide bonds. The molecular weight excluding hydrogens is 266 g/mol. The fourth-order valence-corrected chi connectivity index (χ4v) is 3.82. The number of pyridine rings is 1. The minimum absolute atomic E-state index is 0.00550. The zero-order chi connectivity index (χ0) is 15.2. The summed E-state index contributed by atoms with van der Waals surface area (Å²) in [4.78, 5) is 16.5. The summed E-state index contributed by atoms with van der Waals surface area (Å²) in [6.45, 7) is 9.02. The summed E-state index contributed by atoms with van der Waals surface area (Å²) in [6, 6.07) is 3.84. The molecule has 1 aliphatic carbocycles. The lowest BCUT2D eigenvalue weighted by molar-refractivity contribution is -0.107. The monoisotopic (exact) mass is 289 g/mol. The molecule has 2 aliphatic rings. The Kier molecular flexibility index (Phi) is 3.40. The van der Waals surface area contributed by atoms with E-state index in [0.29, 0.717) is 11.7 Å². The number of urea groups is 1. The van der Waals surface area contributed by atoms with Crippen molar-refractivity contribution in [3.05, 3.63) is 23.4 Å². The molecule has 114 valence electrons. The van der Waals surface area contributed by atoms with E-state index in [4.69, 9.17) is 4.74 Å². The Balaban J connectivity index is 1.64. The maximum absolute atomic E-state index is 12.2. The maximum Gasteiger partial charge on any atom is 0.320 e. The molecule has 0 spiro atoms. The molecule has 2 fully saturated rings. The molecule has 3 atom stereocenters. The molecule has 1 aliphatic heterocycles. The van der Waals surface area contributed by atoms with Crippen LogP contribution in [0, 0.1) is 25.2 Å². The fraction of sp³-hybridized carbons (Fsp3) is 0.625. The van der Waals surface area contributed by atoms with Gasteiger partial charge in [-0.15, -0.1) is 0 Å². The zero-order valence-electron chi connectivity index (χ0n) is 13.1. The molecule has 1 aromatic heterocycles. The minimum Gasteiger partial charge on any atom is -0.377 e. The number of fused-ring (bicyclic) bond motifs is 1. The van der Waals surface area contributed by atoms with Gasteiger partial charge in [0.25, 0.3) is 0 Å². The molecule has 0 unspecified atom stereocenters. The van der Waals surface area contributed by atoms with Crippen molar-refractivity contribution in [2.45, 2.75) is 46.3 Å². The van der Waals surface area contributed by atoms with Gasteiger partial charge in [0.1, 0.15) is 5.82 Å². The van der Waals surface area contributed by atoms with E-state index in [1.165, 1.54) is 0 Å². The number of rotatable bonds is 2. The average Bonchev–Trinajstić information content (AvgIpc) is 2.81. The van der Waals surface area contributed by atoms with Crippen molar-refractivity contribution in [3.63, 3.8) is 0 Å². The van der Waals surface area contributed by atoms with Gasteiger partial charge in [-0.3, -0.25) is 5.32 Å². The summed E-state index contributed by atoms with van der Waals surface area (Å²) >= 11 is 0. The minimum atomic E-state index is -0.184. The van der Waals surface area contributed by atoms with Crippen LogP contribution >= 0.6 is 0 Å². The van der Waals surface area contributed by atoms with Gasteiger partial charge in [-0.05, 0) is 38.0 Å². The molecule has 0 radical (unpaired) electrons. The molecule has 5 nitrogen and oxygen atoms in total. The van der Waals surface area contributed by atoms with Gasteiger partial charge < -0.3 is 10.1 Å². The lowest BCUT2D eigenvalue weighted by atomic mass is 9.57. The fourth-order valence-electron chi connectivity index (χ4n) is 3.82. The molecule has 21 heavy (non-hydrogen) atoms. The number of nitrogens with zero attached hydrogens (tertiary/aromatic N) is 1. The number of hydrogen-bond acceptors (Lipinski definition) is 3. The van der Waals surface area contributed by atoms with Crippen LogP contribution in [0.2, 0.25) is 0 Å². The first-order valence-electron chi connectivity index (χ1n) is 7.52. The van der Waals surface area contributed by atoms with E-state index in [1.807, 2.05) is 26.0 Å². The van der Waals surface area contributed by atoms with Crippen molar-refractivity contribution in [2.24, 2.45) is 11.3 Å². The summed E-state index contributed by atoms with van der Waals surface area (Å²) in [5, 5.41) is 5.93. The number of hydrogen-bond donors (Lipinski definition) is 2. The van der Waals surface area contributed by atoms with Crippen molar-refractivity contribution < 1.29 is 9.53 Å². The Morgan fingerprint density at radius 3 is 2.86 bits per heavy atom. The summed E-state index contributed by atoms with van der Waals surface area (Å²) in [5.74, 6) is 1.04. The van der Waals surface area contributed by atoms with E-state index >= 15 is 0 Å². The highest BCUT2D eigenvalue weighted by molar-refractivity contribution is 5.88. The summed E-state index contributed by atoms with van der Waals surface area (Å²) < 4.78 is 5.74. The van der Waals surface area contributed by atoms with E-state index < -0.39 is 0 Å². The standard InChI is InChI=1S/C16H23N3O2/c1-9-7-10(2)17-12(8-9)18-15(20)19-13-11-5-6-21-14(11)16(13,3)4/h7-8,11,13-14H,5-6H2,1-4H3,(H2,17,18,19,20)/t11-,13-,14+/m1/s1. The number of amides is 2. The number of aromatic nitrogens is 1. The molecule has 0 aromatic carbocycles. The highest BCUT2D eigenvalue weighted by atomic mass is 16.5. The maximum atomic E-state index is 12.2. The summed E-state index contributed by atoms with van der Waals surface area (Å²) in [5.41, 5.74) is 1.98. The Bertz CT molecular complexity index is 550. The van der Waals surface area contributed by atoms with Gasteiger partial charge >= 0.3 is 6.03 Å². The molecule has 3 rings (SSSR count). The second kappa shape index (κ2) is 4.98. The molecule has 2 N–H and O–H groups in total. The van der Waals surface area contributed by atoms with Gasteiger partial charge in [0.2, 0.25) is 0 Å². The summed E-state index contributed by atoms with van der Waals surface area (Å²) in [6.07, 6.45) is 1.31. The predicted molar refractivity (Wildman–Crippen MR) is 81.3 cm³/mol. The van der Waals surface area contributed by atoms with Gasteiger partial charge in [-0.2, -0.15) is 0 Å². The quantitative estimate of drug-likeness (QED) is 0.879. The number of carbonyl (C=O) groups excluding carboxylic acids is 1. The van der Waals surface area contributed by atoms with Crippen molar-refractivity contribution >= 4 is 11.8 Å². The summed E-state index contributed by atoms with van der Waals surface area (Å²) in [7, 11) is 0. The molecule has 2 heterocycles. The molecule has 5 heteroatoms. The van der Waals surface area contributed by atoms with Gasteiger partial charge in [-0.1, -0.05) is 13.8 Å². The van der Waals surface area contributed by atoms with Crippen LogP contribution in [0.4, 0.5) is 10.6 Å². The second-order valence-electron chi connectivity index (χ2n) is 6.81. The molecular formula is C16H23N3O2. The van der Waals surface area contributed by atoms with Crippen molar-refractivity contribution in [1.82, 2.24) is 10.3 Å². The number of nitrogens with one attached hydrogen (secondary N) is 2. The first-order valence-corrected chi connectivity index (χ1v) is 7.52. The largest absolute Gasteiger partial charge is 0.377 e. The smallest absolute Gasteiger partial charge is 0.320 e. The van der Waals surface area contributed by atoms with Gasteiger partial charge in [0, 0.05) is 29.7 Å². The third kappa shape index (κ3) is 2.50.